The highest BCUT2D eigenvalue weighted by Crippen LogP contribution is 2.38. The maximum atomic E-state index is 5.74. The molecular formula is C15H17N3O2. The van der Waals surface area contributed by atoms with Gasteiger partial charge in [0, 0.05) is 49.8 Å². The topological polar surface area (TPSA) is 56.3 Å². The van der Waals surface area contributed by atoms with Gasteiger partial charge in [0.15, 0.2) is 11.6 Å². The van der Waals surface area contributed by atoms with Crippen molar-refractivity contribution in [2.45, 2.75) is 6.42 Å². The van der Waals surface area contributed by atoms with Crippen LogP contribution in [0.2, 0.25) is 0 Å². The van der Waals surface area contributed by atoms with E-state index in [1.54, 1.807) is 19.5 Å². The number of methoxy groups -OCH3 is 1. The van der Waals surface area contributed by atoms with Gasteiger partial charge in [0.05, 0.1) is 13.2 Å². The van der Waals surface area contributed by atoms with Gasteiger partial charge in [-0.3, -0.25) is 4.98 Å². The van der Waals surface area contributed by atoms with E-state index < -0.39 is 0 Å². The Morgan fingerprint density at radius 2 is 2.20 bits per heavy atom. The molecule has 0 amide bonds. The molecule has 0 saturated heterocycles. The van der Waals surface area contributed by atoms with E-state index in [9.17, 15) is 0 Å². The highest BCUT2D eigenvalue weighted by molar-refractivity contribution is 5.73. The second-order valence-electron chi connectivity index (χ2n) is 4.58. The van der Waals surface area contributed by atoms with Gasteiger partial charge < -0.3 is 14.8 Å². The summed E-state index contributed by atoms with van der Waals surface area (Å²) >= 11 is 0. The van der Waals surface area contributed by atoms with E-state index in [4.69, 9.17) is 9.47 Å². The van der Waals surface area contributed by atoms with Crippen molar-refractivity contribution in [3.63, 3.8) is 0 Å². The summed E-state index contributed by atoms with van der Waals surface area (Å²) in [7, 11) is 1.68. The van der Waals surface area contributed by atoms with Crippen LogP contribution < -0.4 is 10.1 Å². The number of hydrogen-bond acceptors (Lipinski definition) is 5. The Hall–Kier alpha value is -2.14. The van der Waals surface area contributed by atoms with Crippen LogP contribution in [-0.4, -0.2) is 36.8 Å². The first-order valence-electron chi connectivity index (χ1n) is 6.68. The Bertz CT molecular complexity index is 587. The maximum Gasteiger partial charge on any atom is 0.169 e. The van der Waals surface area contributed by atoms with Gasteiger partial charge in [-0.2, -0.15) is 0 Å². The zero-order chi connectivity index (χ0) is 13.8. The molecule has 0 spiro atoms. The fourth-order valence-corrected chi connectivity index (χ4v) is 2.37. The summed E-state index contributed by atoms with van der Waals surface area (Å²) in [4.78, 5) is 8.54. The third-order valence-corrected chi connectivity index (χ3v) is 3.33. The quantitative estimate of drug-likeness (QED) is 0.844. The minimum atomic E-state index is 0.641. The van der Waals surface area contributed by atoms with Gasteiger partial charge in [0.1, 0.15) is 0 Å². The molecule has 3 rings (SSSR count). The largest absolute Gasteiger partial charge is 0.489 e. The number of ether oxygens (including phenoxy) is 2. The molecule has 0 radical (unpaired) electrons. The predicted molar refractivity (Wildman–Crippen MR) is 77.0 cm³/mol. The van der Waals surface area contributed by atoms with Gasteiger partial charge in [-0.1, -0.05) is 0 Å². The van der Waals surface area contributed by atoms with Crippen molar-refractivity contribution in [3.8, 4) is 16.9 Å². The van der Waals surface area contributed by atoms with E-state index in [1.807, 2.05) is 18.3 Å². The van der Waals surface area contributed by atoms with Crippen molar-refractivity contribution < 1.29 is 9.47 Å². The lowest BCUT2D eigenvalue weighted by Crippen LogP contribution is -2.09. The summed E-state index contributed by atoms with van der Waals surface area (Å²) in [6.07, 6.45) is 6.40. The predicted octanol–water partition coefficient (Wildman–Crippen LogP) is 2.14. The molecule has 20 heavy (non-hydrogen) atoms. The van der Waals surface area contributed by atoms with Crippen LogP contribution in [0.1, 0.15) is 5.56 Å². The molecule has 2 aromatic heterocycles. The average Bonchev–Trinajstić information content (AvgIpc) is 2.98. The molecule has 1 N–H and O–H groups in total. The lowest BCUT2D eigenvalue weighted by molar-refractivity contribution is 0.210. The Morgan fingerprint density at radius 1 is 1.35 bits per heavy atom. The van der Waals surface area contributed by atoms with Gasteiger partial charge in [-0.15, -0.1) is 0 Å². The summed E-state index contributed by atoms with van der Waals surface area (Å²) < 4.78 is 10.8. The minimum Gasteiger partial charge on any atom is -0.489 e. The van der Waals surface area contributed by atoms with E-state index in [0.29, 0.717) is 19.8 Å². The number of aromatic nitrogens is 2. The van der Waals surface area contributed by atoms with Crippen LogP contribution in [0.3, 0.4) is 0 Å². The lowest BCUT2D eigenvalue weighted by Gasteiger charge is -2.12. The molecule has 2 aromatic rings. The fraction of sp³-hybridized carbons (Fsp3) is 0.333. The molecule has 1 aliphatic heterocycles. The summed E-state index contributed by atoms with van der Waals surface area (Å²) in [5.74, 6) is 1.67. The van der Waals surface area contributed by atoms with E-state index >= 15 is 0 Å². The second-order valence-corrected chi connectivity index (χ2v) is 4.58. The van der Waals surface area contributed by atoms with Gasteiger partial charge in [-0.05, 0) is 17.7 Å². The van der Waals surface area contributed by atoms with Crippen molar-refractivity contribution >= 4 is 5.82 Å². The number of fused-ring (bicyclic) bond motifs is 1. The van der Waals surface area contributed by atoms with E-state index in [2.05, 4.69) is 15.3 Å². The molecule has 0 bridgehead atoms. The molecule has 3 heterocycles. The zero-order valence-corrected chi connectivity index (χ0v) is 11.4. The monoisotopic (exact) mass is 271 g/mol. The second kappa shape index (κ2) is 5.88. The van der Waals surface area contributed by atoms with Crippen LogP contribution in [0, 0.1) is 0 Å². The first kappa shape index (κ1) is 12.9. The number of pyridine rings is 2. The molecule has 5 heteroatoms. The van der Waals surface area contributed by atoms with Crippen molar-refractivity contribution in [1.29, 1.82) is 0 Å². The molecule has 5 nitrogen and oxygen atoms in total. The summed E-state index contributed by atoms with van der Waals surface area (Å²) in [6, 6.07) is 3.99. The number of nitrogens with one attached hydrogen (secondary N) is 1. The molecule has 0 aromatic carbocycles. The Balaban J connectivity index is 1.93. The maximum absolute atomic E-state index is 5.74. The van der Waals surface area contributed by atoms with Gasteiger partial charge in [0.25, 0.3) is 0 Å². The van der Waals surface area contributed by atoms with Gasteiger partial charge >= 0.3 is 0 Å². The smallest absolute Gasteiger partial charge is 0.169 e. The Morgan fingerprint density at radius 3 is 3.00 bits per heavy atom. The highest BCUT2D eigenvalue weighted by Gasteiger charge is 2.22. The van der Waals surface area contributed by atoms with Crippen molar-refractivity contribution in [3.05, 3.63) is 36.3 Å². The molecule has 0 fully saturated rings. The molecule has 0 saturated carbocycles. The first-order valence-corrected chi connectivity index (χ1v) is 6.68. The minimum absolute atomic E-state index is 0.641. The summed E-state index contributed by atoms with van der Waals surface area (Å²) in [6.45, 7) is 2.06. The number of rotatable bonds is 5. The van der Waals surface area contributed by atoms with Crippen molar-refractivity contribution in [2.24, 2.45) is 0 Å². The van der Waals surface area contributed by atoms with Gasteiger partial charge in [0.2, 0.25) is 0 Å². The van der Waals surface area contributed by atoms with Crippen LogP contribution in [0.25, 0.3) is 11.1 Å². The van der Waals surface area contributed by atoms with Crippen LogP contribution in [0.4, 0.5) is 5.82 Å². The lowest BCUT2D eigenvalue weighted by atomic mass is 10.0. The molecular weight excluding hydrogens is 254 g/mol. The van der Waals surface area contributed by atoms with E-state index in [-0.39, 0.29) is 0 Å². The first-order chi connectivity index (χ1) is 9.90. The molecule has 0 atom stereocenters. The van der Waals surface area contributed by atoms with Crippen LogP contribution >= 0.6 is 0 Å². The van der Waals surface area contributed by atoms with Crippen LogP contribution in [0.15, 0.2) is 30.7 Å². The summed E-state index contributed by atoms with van der Waals surface area (Å²) in [5.41, 5.74) is 3.46. The van der Waals surface area contributed by atoms with Crippen molar-refractivity contribution in [2.75, 3.05) is 32.2 Å². The highest BCUT2D eigenvalue weighted by atomic mass is 16.5. The third kappa shape index (κ3) is 2.44. The standard InChI is InChI=1S/C15H17N3O2/c1-19-9-7-17-15-14-12(4-8-20-14)13(10-18-15)11-2-5-16-6-3-11/h2-3,5-6,10H,4,7-9H2,1H3,(H,17,18). The average molecular weight is 271 g/mol. The normalized spacial score (nSPS) is 12.8. The molecule has 0 unspecified atom stereocenters. The third-order valence-electron chi connectivity index (χ3n) is 3.33. The Kier molecular flexibility index (Phi) is 3.78. The number of anilines is 1. The number of nitrogens with zero attached hydrogens (tertiary/aromatic N) is 2. The Labute approximate surface area is 118 Å². The fourth-order valence-electron chi connectivity index (χ4n) is 2.37. The molecule has 1 aliphatic rings. The summed E-state index contributed by atoms with van der Waals surface area (Å²) in [5, 5.41) is 3.25. The number of hydrogen-bond donors (Lipinski definition) is 1. The zero-order valence-electron chi connectivity index (χ0n) is 11.4. The van der Waals surface area contributed by atoms with E-state index in [0.717, 1.165) is 29.1 Å². The van der Waals surface area contributed by atoms with Crippen LogP contribution in [-0.2, 0) is 11.2 Å². The van der Waals surface area contributed by atoms with E-state index in [1.165, 1.54) is 5.56 Å². The van der Waals surface area contributed by atoms with Crippen LogP contribution in [0.5, 0.6) is 5.75 Å². The van der Waals surface area contributed by atoms with Gasteiger partial charge in [-0.25, -0.2) is 4.98 Å². The molecule has 0 aliphatic carbocycles. The molecule has 104 valence electrons. The van der Waals surface area contributed by atoms with Crippen molar-refractivity contribution in [1.82, 2.24) is 9.97 Å². The SMILES string of the molecule is COCCNc1ncc(-c2ccncc2)c2c1OCC2.